The normalized spacial score (nSPS) is 11.2. The van der Waals surface area contributed by atoms with Crippen molar-refractivity contribution in [3.8, 4) is 0 Å². The van der Waals surface area contributed by atoms with Gasteiger partial charge in [0, 0.05) is 21.1 Å². The lowest BCUT2D eigenvalue weighted by Gasteiger charge is -2.25. The van der Waals surface area contributed by atoms with E-state index in [1.54, 1.807) is 0 Å². The summed E-state index contributed by atoms with van der Waals surface area (Å²) in [4.78, 5) is 10.3. The molecular weight excluding hydrogens is 158 g/mol. The molecule has 0 aromatic carbocycles. The van der Waals surface area contributed by atoms with Crippen molar-refractivity contribution in [3.05, 3.63) is 0 Å². The number of methoxy groups -OCH3 is 2. The van der Waals surface area contributed by atoms with Gasteiger partial charge in [0.15, 0.2) is 0 Å². The van der Waals surface area contributed by atoms with Crippen LogP contribution in [0.15, 0.2) is 0 Å². The van der Waals surface area contributed by atoms with Crippen LogP contribution in [-0.2, 0) is 9.47 Å². The molecule has 4 nitrogen and oxygen atoms in total. The Morgan fingerprint density at radius 2 is 1.90 bits per heavy atom. The molecule has 0 fully saturated rings. The molecule has 60 valence electrons. The van der Waals surface area contributed by atoms with Crippen molar-refractivity contribution in [2.45, 2.75) is 12.8 Å². The van der Waals surface area contributed by atoms with Crippen molar-refractivity contribution >= 4 is 17.0 Å². The Bertz CT molecular complexity index is 124. The number of ether oxygens (including phenoxy) is 2. The minimum Gasteiger partial charge on any atom is -0.336 e. The number of rotatable bonds is 3. The Kier molecular flexibility index (Phi) is 3.63. The molecular formula is C5H10ClNO3. The van der Waals surface area contributed by atoms with Gasteiger partial charge in [0.1, 0.15) is 0 Å². The predicted molar refractivity (Wildman–Crippen MR) is 36.8 cm³/mol. The summed E-state index contributed by atoms with van der Waals surface area (Å²) in [6.45, 7) is 1.54. The zero-order valence-electron chi connectivity index (χ0n) is 6.10. The van der Waals surface area contributed by atoms with Crippen molar-refractivity contribution in [2.24, 2.45) is 0 Å². The average Bonchev–Trinajstić information content (AvgIpc) is 1.87. The Balaban J connectivity index is 3.92. The molecule has 0 aliphatic heterocycles. The second-order valence-electron chi connectivity index (χ2n) is 1.75. The second kappa shape index (κ2) is 3.75. The SMILES string of the molecule is COC(C)(NC(=O)Cl)OC. The number of halogens is 1. The molecule has 0 saturated carbocycles. The Labute approximate surface area is 64.4 Å². The van der Waals surface area contributed by atoms with Crippen LogP contribution >= 0.6 is 11.6 Å². The van der Waals surface area contributed by atoms with Gasteiger partial charge in [-0.15, -0.1) is 0 Å². The van der Waals surface area contributed by atoms with Gasteiger partial charge in [0.05, 0.1) is 0 Å². The van der Waals surface area contributed by atoms with Gasteiger partial charge in [-0.2, -0.15) is 0 Å². The third kappa shape index (κ3) is 3.00. The first-order valence-corrected chi connectivity index (χ1v) is 3.00. The fraction of sp³-hybridized carbons (Fsp3) is 0.800. The lowest BCUT2D eigenvalue weighted by molar-refractivity contribution is -0.204. The molecule has 0 aromatic heterocycles. The largest absolute Gasteiger partial charge is 0.336 e. The Morgan fingerprint density at radius 3 is 2.00 bits per heavy atom. The quantitative estimate of drug-likeness (QED) is 0.386. The molecule has 0 heterocycles. The van der Waals surface area contributed by atoms with Crippen LogP contribution in [0.3, 0.4) is 0 Å². The summed E-state index contributed by atoms with van der Waals surface area (Å²) in [5.74, 6) is -1.13. The number of carbonyl (C=O) groups is 1. The maximum absolute atomic E-state index is 10.3. The van der Waals surface area contributed by atoms with Crippen molar-refractivity contribution in [2.75, 3.05) is 14.2 Å². The highest BCUT2D eigenvalue weighted by atomic mass is 35.5. The first kappa shape index (κ1) is 9.68. The molecule has 1 N–H and O–H groups in total. The number of carbonyl (C=O) groups excluding carboxylic acids is 1. The van der Waals surface area contributed by atoms with Gasteiger partial charge < -0.3 is 9.47 Å². The maximum Gasteiger partial charge on any atom is 0.317 e. The van der Waals surface area contributed by atoms with Gasteiger partial charge in [-0.3, -0.25) is 10.1 Å². The van der Waals surface area contributed by atoms with Gasteiger partial charge in [-0.25, -0.2) is 0 Å². The topological polar surface area (TPSA) is 47.6 Å². The zero-order valence-corrected chi connectivity index (χ0v) is 6.86. The Hall–Kier alpha value is -0.320. The lowest BCUT2D eigenvalue weighted by atomic mass is 10.5. The molecule has 0 aliphatic rings. The van der Waals surface area contributed by atoms with Crippen LogP contribution in [0.1, 0.15) is 6.92 Å². The van der Waals surface area contributed by atoms with E-state index in [0.29, 0.717) is 0 Å². The molecule has 0 aliphatic carbocycles. The molecule has 0 radical (unpaired) electrons. The molecule has 0 rings (SSSR count). The highest BCUT2D eigenvalue weighted by Gasteiger charge is 2.23. The van der Waals surface area contributed by atoms with E-state index in [4.69, 9.17) is 21.1 Å². The molecule has 0 aromatic rings. The molecule has 0 bridgehead atoms. The minimum atomic E-state index is -1.13. The van der Waals surface area contributed by atoms with Crippen LogP contribution in [0.4, 0.5) is 4.79 Å². The number of amides is 1. The summed E-state index contributed by atoms with van der Waals surface area (Å²) in [6.07, 6.45) is 0. The highest BCUT2D eigenvalue weighted by Crippen LogP contribution is 2.04. The van der Waals surface area contributed by atoms with E-state index < -0.39 is 11.3 Å². The van der Waals surface area contributed by atoms with Crippen molar-refractivity contribution in [1.82, 2.24) is 5.32 Å². The third-order valence-electron chi connectivity index (χ3n) is 1.10. The van der Waals surface area contributed by atoms with Crippen molar-refractivity contribution < 1.29 is 14.3 Å². The second-order valence-corrected chi connectivity index (χ2v) is 2.10. The van der Waals surface area contributed by atoms with Gasteiger partial charge in [-0.1, -0.05) is 0 Å². The average molecular weight is 168 g/mol. The van der Waals surface area contributed by atoms with Gasteiger partial charge in [0.25, 0.3) is 0 Å². The number of hydrogen-bond acceptors (Lipinski definition) is 3. The van der Waals surface area contributed by atoms with Crippen LogP contribution in [0.5, 0.6) is 0 Å². The first-order chi connectivity index (χ1) is 4.54. The van der Waals surface area contributed by atoms with E-state index in [-0.39, 0.29) is 0 Å². The van der Waals surface area contributed by atoms with Gasteiger partial charge >= 0.3 is 5.37 Å². The van der Waals surface area contributed by atoms with E-state index in [2.05, 4.69) is 5.32 Å². The van der Waals surface area contributed by atoms with Gasteiger partial charge in [-0.05, 0) is 11.6 Å². The van der Waals surface area contributed by atoms with E-state index in [1.807, 2.05) is 0 Å². The molecule has 1 amide bonds. The minimum absolute atomic E-state index is 0.716. The van der Waals surface area contributed by atoms with Crippen LogP contribution < -0.4 is 5.32 Å². The van der Waals surface area contributed by atoms with Crippen LogP contribution in [0.25, 0.3) is 0 Å². The summed E-state index contributed by atoms with van der Waals surface area (Å²) in [7, 11) is 2.80. The fourth-order valence-electron chi connectivity index (χ4n) is 0.364. The predicted octanol–water partition coefficient (Wildman–Crippen LogP) is 0.901. The lowest BCUT2D eigenvalue weighted by Crippen LogP contribution is -2.46. The molecule has 0 atom stereocenters. The maximum atomic E-state index is 10.3. The number of hydrogen-bond donors (Lipinski definition) is 1. The van der Waals surface area contributed by atoms with E-state index in [1.165, 1.54) is 21.1 Å². The monoisotopic (exact) mass is 167 g/mol. The molecule has 5 heteroatoms. The van der Waals surface area contributed by atoms with Gasteiger partial charge in [0.2, 0.25) is 5.91 Å². The summed E-state index contributed by atoms with van der Waals surface area (Å²) >= 11 is 5.01. The molecule has 0 spiro atoms. The van der Waals surface area contributed by atoms with Crippen molar-refractivity contribution in [3.63, 3.8) is 0 Å². The summed E-state index contributed by atoms with van der Waals surface area (Å²) in [6, 6.07) is 0. The summed E-state index contributed by atoms with van der Waals surface area (Å²) in [5.41, 5.74) is 0. The highest BCUT2D eigenvalue weighted by molar-refractivity contribution is 6.63. The molecule has 0 saturated heterocycles. The summed E-state index contributed by atoms with van der Waals surface area (Å²) < 4.78 is 9.52. The standard InChI is InChI=1S/C5H10ClNO3/c1-5(9-2,10-3)7-4(6)8/h1-3H3,(H,7,8). The first-order valence-electron chi connectivity index (χ1n) is 2.62. The number of nitrogens with one attached hydrogen (secondary N) is 1. The van der Waals surface area contributed by atoms with Crippen LogP contribution in [0, 0.1) is 0 Å². The van der Waals surface area contributed by atoms with E-state index in [9.17, 15) is 4.79 Å². The Morgan fingerprint density at radius 1 is 1.50 bits per heavy atom. The smallest absolute Gasteiger partial charge is 0.317 e. The molecule has 0 unspecified atom stereocenters. The third-order valence-corrected chi connectivity index (χ3v) is 1.20. The molecule has 10 heavy (non-hydrogen) atoms. The van der Waals surface area contributed by atoms with Crippen LogP contribution in [0.2, 0.25) is 0 Å². The summed E-state index contributed by atoms with van der Waals surface area (Å²) in [5, 5.41) is 1.52. The van der Waals surface area contributed by atoms with E-state index in [0.717, 1.165) is 0 Å². The van der Waals surface area contributed by atoms with Crippen molar-refractivity contribution in [1.29, 1.82) is 0 Å². The zero-order chi connectivity index (χ0) is 8.20. The van der Waals surface area contributed by atoms with E-state index >= 15 is 0 Å². The van der Waals surface area contributed by atoms with Crippen LogP contribution in [-0.4, -0.2) is 25.5 Å². The fourth-order valence-corrected chi connectivity index (χ4v) is 0.536.